The molecule has 0 radical (unpaired) electrons. The molecule has 0 aliphatic rings. The van der Waals surface area contributed by atoms with E-state index >= 15 is 0 Å². The first-order chi connectivity index (χ1) is 13.7. The second-order valence-electron chi connectivity index (χ2n) is 6.83. The standard InChI is InChI=1S/C22H20N2O4S/c1-15-5-10-20-19(12-15)22(16(2)24(20)14-21(25)26)29(27,28)11-3-4-17-6-8-18(13-23)9-7-17/h3-10,12H,11,14H2,1-2H3,(H,25,26). The molecule has 3 aromatic rings. The molecule has 1 N–H and O–H groups in total. The SMILES string of the molecule is Cc1ccc2c(c1)c(S(=O)(=O)CC=Cc1ccc(C#N)cc1)c(C)n2CC(=O)O. The smallest absolute Gasteiger partial charge is 0.323 e. The largest absolute Gasteiger partial charge is 0.480 e. The van der Waals surface area contributed by atoms with Crippen LogP contribution in [0.15, 0.2) is 53.4 Å². The highest BCUT2D eigenvalue weighted by molar-refractivity contribution is 7.91. The molecule has 0 amide bonds. The maximum absolute atomic E-state index is 13.1. The molecule has 7 heteroatoms. The van der Waals surface area contributed by atoms with Crippen molar-refractivity contribution in [3.05, 3.63) is 70.9 Å². The first-order valence-corrected chi connectivity index (χ1v) is 10.6. The van der Waals surface area contributed by atoms with E-state index in [1.165, 1.54) is 4.57 Å². The van der Waals surface area contributed by atoms with Crippen LogP contribution in [0.5, 0.6) is 0 Å². The van der Waals surface area contributed by atoms with Crippen LogP contribution >= 0.6 is 0 Å². The second-order valence-corrected chi connectivity index (χ2v) is 8.80. The van der Waals surface area contributed by atoms with Crippen molar-refractivity contribution in [2.24, 2.45) is 0 Å². The molecule has 1 heterocycles. The molecule has 2 aromatic carbocycles. The number of benzene rings is 2. The molecule has 0 saturated carbocycles. The Morgan fingerprint density at radius 1 is 1.17 bits per heavy atom. The highest BCUT2D eigenvalue weighted by atomic mass is 32.2. The number of hydrogen-bond acceptors (Lipinski definition) is 4. The number of aliphatic carboxylic acids is 1. The van der Waals surface area contributed by atoms with E-state index in [0.29, 0.717) is 22.2 Å². The summed E-state index contributed by atoms with van der Waals surface area (Å²) in [6, 6.07) is 14.2. The van der Waals surface area contributed by atoms with E-state index in [-0.39, 0.29) is 17.2 Å². The van der Waals surface area contributed by atoms with Gasteiger partial charge in [0.05, 0.1) is 27.8 Å². The second kappa shape index (κ2) is 7.94. The van der Waals surface area contributed by atoms with Gasteiger partial charge in [0, 0.05) is 11.1 Å². The van der Waals surface area contributed by atoms with Crippen LogP contribution in [-0.2, 0) is 21.2 Å². The molecule has 0 aliphatic heterocycles. The Hall–Kier alpha value is -3.37. The Labute approximate surface area is 169 Å². The molecule has 29 heavy (non-hydrogen) atoms. The van der Waals surface area contributed by atoms with E-state index in [4.69, 9.17) is 5.26 Å². The van der Waals surface area contributed by atoms with E-state index < -0.39 is 15.8 Å². The Morgan fingerprint density at radius 3 is 2.48 bits per heavy atom. The molecule has 0 saturated heterocycles. The van der Waals surface area contributed by atoms with Crippen LogP contribution in [0.4, 0.5) is 0 Å². The first-order valence-electron chi connectivity index (χ1n) is 8.93. The summed E-state index contributed by atoms with van der Waals surface area (Å²) < 4.78 is 27.7. The van der Waals surface area contributed by atoms with Crippen molar-refractivity contribution in [3.63, 3.8) is 0 Å². The lowest BCUT2D eigenvalue weighted by molar-refractivity contribution is -0.137. The van der Waals surface area contributed by atoms with Crippen molar-refractivity contribution < 1.29 is 18.3 Å². The third kappa shape index (κ3) is 4.23. The van der Waals surface area contributed by atoms with Crippen LogP contribution in [0, 0.1) is 25.2 Å². The van der Waals surface area contributed by atoms with Gasteiger partial charge in [0.25, 0.3) is 0 Å². The highest BCUT2D eigenvalue weighted by Crippen LogP contribution is 2.31. The van der Waals surface area contributed by atoms with Crippen LogP contribution < -0.4 is 0 Å². The number of sulfone groups is 1. The van der Waals surface area contributed by atoms with Crippen LogP contribution in [0.3, 0.4) is 0 Å². The zero-order chi connectivity index (χ0) is 21.2. The fourth-order valence-corrected chi connectivity index (χ4v) is 4.93. The maximum atomic E-state index is 13.1. The van der Waals surface area contributed by atoms with Gasteiger partial charge in [0.1, 0.15) is 6.54 Å². The van der Waals surface area contributed by atoms with Gasteiger partial charge in [-0.05, 0) is 43.7 Å². The van der Waals surface area contributed by atoms with Gasteiger partial charge >= 0.3 is 5.97 Å². The molecule has 3 rings (SSSR count). The third-order valence-corrected chi connectivity index (χ3v) is 6.46. The van der Waals surface area contributed by atoms with Crippen molar-refractivity contribution in [2.45, 2.75) is 25.3 Å². The van der Waals surface area contributed by atoms with Gasteiger partial charge in [-0.3, -0.25) is 4.79 Å². The molecule has 0 bridgehead atoms. The molecule has 0 aliphatic carbocycles. The average Bonchev–Trinajstić information content (AvgIpc) is 2.93. The van der Waals surface area contributed by atoms with Crippen molar-refractivity contribution >= 4 is 32.8 Å². The lowest BCUT2D eigenvalue weighted by Crippen LogP contribution is -2.12. The maximum Gasteiger partial charge on any atom is 0.323 e. The van der Waals surface area contributed by atoms with Crippen LogP contribution in [0.1, 0.15) is 22.4 Å². The number of carboxylic acids is 1. The summed E-state index contributed by atoms with van der Waals surface area (Å²) in [5.41, 5.74) is 3.23. The van der Waals surface area contributed by atoms with Crippen molar-refractivity contribution in [2.75, 3.05) is 5.75 Å². The minimum absolute atomic E-state index is 0.168. The Kier molecular flexibility index (Phi) is 5.57. The van der Waals surface area contributed by atoms with E-state index in [9.17, 15) is 18.3 Å². The van der Waals surface area contributed by atoms with Crippen molar-refractivity contribution in [1.82, 2.24) is 4.57 Å². The summed E-state index contributed by atoms with van der Waals surface area (Å²) in [7, 11) is -3.69. The number of carboxylic acid groups (broad SMARTS) is 1. The number of hydrogen-bond donors (Lipinski definition) is 1. The number of fused-ring (bicyclic) bond motifs is 1. The third-order valence-electron chi connectivity index (χ3n) is 4.69. The van der Waals surface area contributed by atoms with E-state index in [2.05, 4.69) is 0 Å². The highest BCUT2D eigenvalue weighted by Gasteiger charge is 2.25. The van der Waals surface area contributed by atoms with Crippen molar-refractivity contribution in [1.29, 1.82) is 5.26 Å². The average molecular weight is 408 g/mol. The topological polar surface area (TPSA) is 100 Å². The summed E-state index contributed by atoms with van der Waals surface area (Å²) in [6.45, 7) is 3.20. The quantitative estimate of drug-likeness (QED) is 0.670. The van der Waals surface area contributed by atoms with Gasteiger partial charge in [-0.1, -0.05) is 35.9 Å². The Balaban J connectivity index is 2.00. The zero-order valence-corrected chi connectivity index (χ0v) is 16.9. The first kappa shape index (κ1) is 20.4. The lowest BCUT2D eigenvalue weighted by atomic mass is 10.1. The van der Waals surface area contributed by atoms with Gasteiger partial charge in [-0.25, -0.2) is 8.42 Å². The minimum Gasteiger partial charge on any atom is -0.480 e. The zero-order valence-electron chi connectivity index (χ0n) is 16.1. The van der Waals surface area contributed by atoms with Gasteiger partial charge in [-0.2, -0.15) is 5.26 Å². The monoisotopic (exact) mass is 408 g/mol. The predicted molar refractivity (Wildman–Crippen MR) is 111 cm³/mol. The number of aromatic nitrogens is 1. The molecule has 0 spiro atoms. The predicted octanol–water partition coefficient (Wildman–Crippen LogP) is 3.70. The molecule has 0 fully saturated rings. The minimum atomic E-state index is -3.69. The molecule has 0 atom stereocenters. The summed E-state index contributed by atoms with van der Waals surface area (Å²) in [5, 5.41) is 18.6. The van der Waals surface area contributed by atoms with E-state index in [0.717, 1.165) is 11.1 Å². The molecule has 0 unspecified atom stereocenters. The van der Waals surface area contributed by atoms with E-state index in [1.807, 2.05) is 19.1 Å². The summed E-state index contributed by atoms with van der Waals surface area (Å²) in [5.74, 6) is -1.25. The Bertz CT molecular complexity index is 1260. The molecule has 148 valence electrons. The van der Waals surface area contributed by atoms with Gasteiger partial charge < -0.3 is 9.67 Å². The summed E-state index contributed by atoms with van der Waals surface area (Å²) >= 11 is 0. The molecule has 6 nitrogen and oxygen atoms in total. The summed E-state index contributed by atoms with van der Waals surface area (Å²) in [4.78, 5) is 11.4. The Morgan fingerprint density at radius 2 is 1.86 bits per heavy atom. The number of rotatable bonds is 6. The summed E-state index contributed by atoms with van der Waals surface area (Å²) in [6.07, 6.45) is 3.25. The van der Waals surface area contributed by atoms with Crippen LogP contribution in [-0.4, -0.2) is 29.8 Å². The lowest BCUT2D eigenvalue weighted by Gasteiger charge is -2.05. The van der Waals surface area contributed by atoms with Gasteiger partial charge in [0.15, 0.2) is 9.84 Å². The van der Waals surface area contributed by atoms with Crippen LogP contribution in [0.25, 0.3) is 17.0 Å². The number of nitriles is 1. The number of aryl methyl sites for hydroxylation is 1. The van der Waals surface area contributed by atoms with Crippen LogP contribution in [0.2, 0.25) is 0 Å². The van der Waals surface area contributed by atoms with Crippen molar-refractivity contribution in [3.8, 4) is 6.07 Å². The molecular weight excluding hydrogens is 388 g/mol. The normalized spacial score (nSPS) is 11.8. The molecule has 1 aromatic heterocycles. The number of nitrogens with zero attached hydrogens (tertiary/aromatic N) is 2. The van der Waals surface area contributed by atoms with E-state index in [1.54, 1.807) is 55.5 Å². The fraction of sp³-hybridized carbons (Fsp3) is 0.182. The fourth-order valence-electron chi connectivity index (χ4n) is 3.36. The van der Waals surface area contributed by atoms with Gasteiger partial charge in [-0.15, -0.1) is 0 Å². The van der Waals surface area contributed by atoms with Gasteiger partial charge in [0.2, 0.25) is 0 Å². The molecular formula is C22H20N2O4S. The number of carbonyl (C=O) groups is 1.